The molecular weight excluding hydrogens is 325 g/mol. The van der Waals surface area contributed by atoms with Gasteiger partial charge in [-0.25, -0.2) is 0 Å². The smallest absolute Gasteiger partial charge is 0.0835 e. The van der Waals surface area contributed by atoms with Crippen molar-refractivity contribution in [2.24, 2.45) is 5.92 Å². The van der Waals surface area contributed by atoms with Crippen molar-refractivity contribution in [1.29, 1.82) is 0 Å². The van der Waals surface area contributed by atoms with Crippen LogP contribution in [-0.2, 0) is 4.74 Å². The van der Waals surface area contributed by atoms with Crippen molar-refractivity contribution in [3.8, 4) is 0 Å². The molecule has 1 unspecified atom stereocenters. The van der Waals surface area contributed by atoms with Gasteiger partial charge in [-0.05, 0) is 46.8 Å². The van der Waals surface area contributed by atoms with Crippen LogP contribution < -0.4 is 5.32 Å². The molecule has 2 rings (SSSR count). The molecule has 1 fully saturated rings. The molecule has 17 heavy (non-hydrogen) atoms. The van der Waals surface area contributed by atoms with Crippen molar-refractivity contribution in [3.05, 3.63) is 26.7 Å². The van der Waals surface area contributed by atoms with E-state index in [4.69, 9.17) is 27.9 Å². The van der Waals surface area contributed by atoms with E-state index in [1.54, 1.807) is 0 Å². The van der Waals surface area contributed by atoms with Gasteiger partial charge in [0.25, 0.3) is 0 Å². The maximum atomic E-state index is 6.16. The van der Waals surface area contributed by atoms with Crippen LogP contribution in [0.1, 0.15) is 12.8 Å². The van der Waals surface area contributed by atoms with Crippen molar-refractivity contribution in [1.82, 2.24) is 0 Å². The van der Waals surface area contributed by atoms with Crippen LogP contribution in [0.25, 0.3) is 0 Å². The summed E-state index contributed by atoms with van der Waals surface area (Å²) in [6.45, 7) is 2.59. The van der Waals surface area contributed by atoms with Gasteiger partial charge in [0.2, 0.25) is 0 Å². The van der Waals surface area contributed by atoms with Crippen molar-refractivity contribution >= 4 is 44.8 Å². The zero-order valence-electron chi connectivity index (χ0n) is 9.31. The Morgan fingerprint density at radius 3 is 2.88 bits per heavy atom. The lowest BCUT2D eigenvalue weighted by Gasteiger charge is -2.23. The van der Waals surface area contributed by atoms with Crippen LogP contribution in [0, 0.1) is 5.92 Å². The third-order valence-corrected chi connectivity index (χ3v) is 4.64. The Labute approximate surface area is 120 Å². The van der Waals surface area contributed by atoms with Crippen molar-refractivity contribution < 1.29 is 4.74 Å². The average Bonchev–Trinajstić information content (AvgIpc) is 2.36. The van der Waals surface area contributed by atoms with Crippen LogP contribution >= 0.6 is 39.1 Å². The number of ether oxygens (including phenoxy) is 1. The molecule has 1 aliphatic rings. The van der Waals surface area contributed by atoms with Gasteiger partial charge in [0.05, 0.1) is 22.3 Å². The zero-order valence-corrected chi connectivity index (χ0v) is 12.4. The second-order valence-corrected chi connectivity index (χ2v) is 5.80. The van der Waals surface area contributed by atoms with Crippen molar-refractivity contribution in [2.75, 3.05) is 25.1 Å². The SMILES string of the molecule is Clc1c(Br)ccc(NCC2CCCOC2)c1Cl. The van der Waals surface area contributed by atoms with E-state index in [-0.39, 0.29) is 0 Å². The topological polar surface area (TPSA) is 21.3 Å². The van der Waals surface area contributed by atoms with Crippen LogP contribution in [0.2, 0.25) is 10.0 Å². The van der Waals surface area contributed by atoms with Crippen molar-refractivity contribution in [2.45, 2.75) is 12.8 Å². The molecule has 0 radical (unpaired) electrons. The van der Waals surface area contributed by atoms with Crippen LogP contribution in [0.4, 0.5) is 5.69 Å². The second-order valence-electron chi connectivity index (χ2n) is 4.19. The molecule has 1 N–H and O–H groups in total. The summed E-state index contributed by atoms with van der Waals surface area (Å²) in [5, 5.41) is 4.45. The molecule has 1 heterocycles. The van der Waals surface area contributed by atoms with Crippen LogP contribution in [0.15, 0.2) is 16.6 Å². The monoisotopic (exact) mass is 337 g/mol. The van der Waals surface area contributed by atoms with E-state index < -0.39 is 0 Å². The lowest BCUT2D eigenvalue weighted by Crippen LogP contribution is -2.24. The number of anilines is 1. The molecule has 0 saturated carbocycles. The molecular formula is C12H14BrCl2NO. The summed E-state index contributed by atoms with van der Waals surface area (Å²) in [4.78, 5) is 0. The van der Waals surface area contributed by atoms with Gasteiger partial charge in [-0.3, -0.25) is 0 Å². The summed E-state index contributed by atoms with van der Waals surface area (Å²) in [5.74, 6) is 0.558. The van der Waals surface area contributed by atoms with Gasteiger partial charge in [0.15, 0.2) is 0 Å². The molecule has 2 nitrogen and oxygen atoms in total. The predicted octanol–water partition coefficient (Wildman–Crippen LogP) is 4.59. The van der Waals surface area contributed by atoms with E-state index in [2.05, 4.69) is 21.2 Å². The number of hydrogen-bond acceptors (Lipinski definition) is 2. The van der Waals surface area contributed by atoms with Crippen LogP contribution in [-0.4, -0.2) is 19.8 Å². The first-order valence-corrected chi connectivity index (χ1v) is 7.18. The molecule has 5 heteroatoms. The second kappa shape index (κ2) is 6.28. The van der Waals surface area contributed by atoms with Crippen molar-refractivity contribution in [3.63, 3.8) is 0 Å². The highest BCUT2D eigenvalue weighted by Crippen LogP contribution is 2.35. The number of benzene rings is 1. The fraction of sp³-hybridized carbons (Fsp3) is 0.500. The largest absolute Gasteiger partial charge is 0.383 e. The minimum atomic E-state index is 0.552. The van der Waals surface area contributed by atoms with Gasteiger partial charge >= 0.3 is 0 Å². The molecule has 0 aromatic heterocycles. The normalized spacial score (nSPS) is 20.3. The van der Waals surface area contributed by atoms with E-state index in [1.165, 1.54) is 6.42 Å². The minimum absolute atomic E-state index is 0.552. The Morgan fingerprint density at radius 1 is 1.35 bits per heavy atom. The Balaban J connectivity index is 1.96. The first-order valence-electron chi connectivity index (χ1n) is 5.63. The predicted molar refractivity (Wildman–Crippen MR) is 76.2 cm³/mol. The first kappa shape index (κ1) is 13.5. The van der Waals surface area contributed by atoms with Gasteiger partial charge < -0.3 is 10.1 Å². The summed E-state index contributed by atoms with van der Waals surface area (Å²) in [5.41, 5.74) is 0.880. The highest BCUT2D eigenvalue weighted by atomic mass is 79.9. The Kier molecular flexibility index (Phi) is 4.97. The Morgan fingerprint density at radius 2 is 2.18 bits per heavy atom. The summed E-state index contributed by atoms with van der Waals surface area (Å²) in [6, 6.07) is 3.83. The molecule has 94 valence electrons. The molecule has 0 spiro atoms. The van der Waals surface area contributed by atoms with Gasteiger partial charge in [-0.2, -0.15) is 0 Å². The standard InChI is InChI=1S/C12H14BrCl2NO/c13-9-3-4-10(12(15)11(9)14)16-6-8-2-1-5-17-7-8/h3-4,8,16H,1-2,5-7H2. The highest BCUT2D eigenvalue weighted by Gasteiger charge is 2.15. The van der Waals surface area contributed by atoms with Gasteiger partial charge in [0.1, 0.15) is 0 Å². The van der Waals surface area contributed by atoms with E-state index in [1.807, 2.05) is 12.1 Å². The highest BCUT2D eigenvalue weighted by molar-refractivity contribution is 9.10. The van der Waals surface area contributed by atoms with Crippen LogP contribution in [0.5, 0.6) is 0 Å². The third-order valence-electron chi connectivity index (χ3n) is 2.87. The zero-order chi connectivity index (χ0) is 12.3. The van der Waals surface area contributed by atoms with E-state index in [9.17, 15) is 0 Å². The lowest BCUT2D eigenvalue weighted by atomic mass is 10.0. The number of rotatable bonds is 3. The molecule has 1 aromatic rings. The van der Waals surface area contributed by atoms with Crippen LogP contribution in [0.3, 0.4) is 0 Å². The molecule has 0 amide bonds. The maximum absolute atomic E-state index is 6.16. The molecule has 0 aliphatic carbocycles. The minimum Gasteiger partial charge on any atom is -0.383 e. The Hall–Kier alpha value is 0.0400. The lowest BCUT2D eigenvalue weighted by molar-refractivity contribution is 0.0595. The Bertz CT molecular complexity index is 394. The third kappa shape index (κ3) is 3.50. The van der Waals surface area contributed by atoms with E-state index in [0.29, 0.717) is 16.0 Å². The quantitative estimate of drug-likeness (QED) is 0.813. The summed E-state index contributed by atoms with van der Waals surface area (Å²) in [7, 11) is 0. The van der Waals surface area contributed by atoms with Gasteiger partial charge in [0, 0.05) is 17.6 Å². The van der Waals surface area contributed by atoms with Gasteiger partial charge in [-0.15, -0.1) is 0 Å². The summed E-state index contributed by atoms with van der Waals surface area (Å²) in [6.07, 6.45) is 2.34. The average molecular weight is 339 g/mol. The molecule has 1 aliphatic heterocycles. The molecule has 1 atom stereocenters. The first-order chi connectivity index (χ1) is 8.18. The summed E-state index contributed by atoms with van der Waals surface area (Å²) >= 11 is 15.6. The molecule has 1 aromatic carbocycles. The fourth-order valence-electron chi connectivity index (χ4n) is 1.89. The number of hydrogen-bond donors (Lipinski definition) is 1. The molecule has 1 saturated heterocycles. The number of halogens is 3. The van der Waals surface area contributed by atoms with E-state index in [0.717, 1.165) is 36.3 Å². The van der Waals surface area contributed by atoms with Gasteiger partial charge in [-0.1, -0.05) is 23.2 Å². The fourth-order valence-corrected chi connectivity index (χ4v) is 2.73. The maximum Gasteiger partial charge on any atom is 0.0835 e. The summed E-state index contributed by atoms with van der Waals surface area (Å²) < 4.78 is 6.25. The number of nitrogens with one attached hydrogen (secondary N) is 1. The molecule has 0 bridgehead atoms. The van der Waals surface area contributed by atoms with E-state index >= 15 is 0 Å².